The molecule has 0 aromatic carbocycles. The number of amides is 1. The first-order chi connectivity index (χ1) is 9.15. The average Bonchev–Trinajstić information content (AvgIpc) is 3.01. The van der Waals surface area contributed by atoms with Crippen molar-refractivity contribution in [1.29, 1.82) is 0 Å². The van der Waals surface area contributed by atoms with E-state index in [1.807, 2.05) is 6.07 Å². The molecule has 1 amide bonds. The zero-order valence-corrected chi connectivity index (χ0v) is 11.6. The molecule has 0 N–H and O–H groups in total. The maximum atomic E-state index is 11.9. The highest BCUT2D eigenvalue weighted by molar-refractivity contribution is 7.99. The molecule has 0 aliphatic heterocycles. The third-order valence-corrected chi connectivity index (χ3v) is 3.32. The van der Waals surface area contributed by atoms with E-state index in [2.05, 4.69) is 10.1 Å². The molecule has 6 nitrogen and oxygen atoms in total. The van der Waals surface area contributed by atoms with Crippen molar-refractivity contribution in [2.75, 3.05) is 12.8 Å². The van der Waals surface area contributed by atoms with Crippen LogP contribution in [0.3, 0.4) is 0 Å². The smallest absolute Gasteiger partial charge is 0.236 e. The fraction of sp³-hybridized carbons (Fsp3) is 0.417. The number of nitrogens with zero attached hydrogens (tertiary/aromatic N) is 3. The summed E-state index contributed by atoms with van der Waals surface area (Å²) in [5.74, 6) is 2.88. The first kappa shape index (κ1) is 13.7. The van der Waals surface area contributed by atoms with Gasteiger partial charge in [0.2, 0.25) is 11.8 Å². The lowest BCUT2D eigenvalue weighted by Crippen LogP contribution is -2.27. The first-order valence-electron chi connectivity index (χ1n) is 5.78. The summed E-state index contributed by atoms with van der Waals surface area (Å²) < 4.78 is 10.2. The summed E-state index contributed by atoms with van der Waals surface area (Å²) in [5, 5.41) is 3.69. The van der Waals surface area contributed by atoms with Crippen molar-refractivity contribution in [2.45, 2.75) is 19.2 Å². The van der Waals surface area contributed by atoms with Crippen LogP contribution >= 0.6 is 11.8 Å². The molecule has 0 radical (unpaired) electrons. The van der Waals surface area contributed by atoms with Gasteiger partial charge in [-0.25, -0.2) is 0 Å². The van der Waals surface area contributed by atoms with Crippen molar-refractivity contribution < 1.29 is 13.7 Å². The summed E-state index contributed by atoms with van der Waals surface area (Å²) in [4.78, 5) is 17.6. The van der Waals surface area contributed by atoms with Crippen LogP contribution in [-0.4, -0.2) is 33.7 Å². The number of carbonyl (C=O) groups excluding carboxylic acids is 1. The normalized spacial score (nSPS) is 10.6. The summed E-state index contributed by atoms with van der Waals surface area (Å²) in [6.45, 7) is 2.24. The third-order valence-electron chi connectivity index (χ3n) is 2.42. The van der Waals surface area contributed by atoms with Crippen LogP contribution < -0.4 is 0 Å². The van der Waals surface area contributed by atoms with Gasteiger partial charge in [0.25, 0.3) is 0 Å². The summed E-state index contributed by atoms with van der Waals surface area (Å²) in [5.41, 5.74) is 0. The number of carbonyl (C=O) groups is 1. The van der Waals surface area contributed by atoms with Crippen LogP contribution in [0.5, 0.6) is 0 Å². The van der Waals surface area contributed by atoms with Gasteiger partial charge >= 0.3 is 0 Å². The van der Waals surface area contributed by atoms with Gasteiger partial charge in [0.1, 0.15) is 5.76 Å². The quantitative estimate of drug-likeness (QED) is 0.804. The highest BCUT2D eigenvalue weighted by Crippen LogP contribution is 2.12. The Morgan fingerprint density at radius 2 is 2.37 bits per heavy atom. The topological polar surface area (TPSA) is 72.4 Å². The van der Waals surface area contributed by atoms with E-state index in [0.717, 1.165) is 5.76 Å². The number of thioether (sulfide) groups is 1. The molecule has 0 bridgehead atoms. The highest BCUT2D eigenvalue weighted by Gasteiger charge is 2.11. The Balaban J connectivity index is 1.71. The molecule has 102 valence electrons. The Labute approximate surface area is 115 Å². The minimum atomic E-state index is 0.0395. The van der Waals surface area contributed by atoms with E-state index in [1.54, 1.807) is 31.2 Å². The standard InChI is InChI=1S/C12H15N3O3S/c1-9-13-11(18-14-9)7-19-8-12(16)15(2)6-10-4-3-5-17-10/h3-5H,6-8H2,1-2H3. The number of hydrogen-bond donors (Lipinski definition) is 0. The first-order valence-corrected chi connectivity index (χ1v) is 6.94. The van der Waals surface area contributed by atoms with Crippen LogP contribution in [0.2, 0.25) is 0 Å². The maximum absolute atomic E-state index is 11.9. The molecule has 19 heavy (non-hydrogen) atoms. The van der Waals surface area contributed by atoms with E-state index in [0.29, 0.717) is 29.8 Å². The van der Waals surface area contributed by atoms with Crippen molar-refractivity contribution in [3.63, 3.8) is 0 Å². The average molecular weight is 281 g/mol. The van der Waals surface area contributed by atoms with E-state index in [-0.39, 0.29) is 5.91 Å². The zero-order valence-electron chi connectivity index (χ0n) is 10.8. The van der Waals surface area contributed by atoms with Gasteiger partial charge in [0.15, 0.2) is 5.82 Å². The molecule has 0 saturated heterocycles. The third kappa shape index (κ3) is 4.13. The minimum absolute atomic E-state index is 0.0395. The summed E-state index contributed by atoms with van der Waals surface area (Å²) in [7, 11) is 1.75. The molecule has 0 saturated carbocycles. The van der Waals surface area contributed by atoms with Crippen molar-refractivity contribution in [3.05, 3.63) is 35.9 Å². The van der Waals surface area contributed by atoms with Gasteiger partial charge in [-0.15, -0.1) is 11.8 Å². The van der Waals surface area contributed by atoms with Gasteiger partial charge in [-0.2, -0.15) is 4.98 Å². The highest BCUT2D eigenvalue weighted by atomic mass is 32.2. The van der Waals surface area contributed by atoms with E-state index >= 15 is 0 Å². The summed E-state index contributed by atoms with van der Waals surface area (Å²) in [6, 6.07) is 3.65. The lowest BCUT2D eigenvalue weighted by Gasteiger charge is -2.14. The molecule has 0 spiro atoms. The van der Waals surface area contributed by atoms with E-state index < -0.39 is 0 Å². The Bertz CT molecular complexity index is 524. The largest absolute Gasteiger partial charge is 0.467 e. The van der Waals surface area contributed by atoms with Crippen LogP contribution in [0.1, 0.15) is 17.5 Å². The molecule has 0 fully saturated rings. The molecule has 7 heteroatoms. The second-order valence-electron chi connectivity index (χ2n) is 4.06. The fourth-order valence-corrected chi connectivity index (χ4v) is 2.25. The number of aryl methyl sites for hydroxylation is 1. The molecule has 2 aromatic rings. The van der Waals surface area contributed by atoms with Crippen LogP contribution in [0.25, 0.3) is 0 Å². The van der Waals surface area contributed by atoms with Gasteiger partial charge in [0, 0.05) is 7.05 Å². The van der Waals surface area contributed by atoms with E-state index in [4.69, 9.17) is 8.94 Å². The maximum Gasteiger partial charge on any atom is 0.236 e. The predicted molar refractivity (Wildman–Crippen MR) is 70.4 cm³/mol. The molecule has 2 aromatic heterocycles. The second-order valence-corrected chi connectivity index (χ2v) is 5.04. The summed E-state index contributed by atoms with van der Waals surface area (Å²) >= 11 is 1.45. The molecule has 0 atom stereocenters. The Kier molecular flexibility index (Phi) is 4.62. The van der Waals surface area contributed by atoms with Gasteiger partial charge < -0.3 is 13.8 Å². The second kappa shape index (κ2) is 6.42. The molecule has 2 heterocycles. The summed E-state index contributed by atoms with van der Waals surface area (Å²) in [6.07, 6.45) is 1.60. The zero-order chi connectivity index (χ0) is 13.7. The number of furan rings is 1. The van der Waals surface area contributed by atoms with Crippen molar-refractivity contribution in [2.24, 2.45) is 0 Å². The SMILES string of the molecule is Cc1noc(CSCC(=O)N(C)Cc2ccco2)n1. The number of hydrogen-bond acceptors (Lipinski definition) is 6. The van der Waals surface area contributed by atoms with Crippen LogP contribution in [0, 0.1) is 6.92 Å². The molecule has 0 aliphatic carbocycles. The van der Waals surface area contributed by atoms with E-state index in [9.17, 15) is 4.79 Å². The molecule has 0 aliphatic rings. The van der Waals surface area contributed by atoms with Crippen LogP contribution in [-0.2, 0) is 17.1 Å². The molecule has 2 rings (SSSR count). The molecular formula is C12H15N3O3S. The lowest BCUT2D eigenvalue weighted by atomic mass is 10.4. The van der Waals surface area contributed by atoms with Crippen LogP contribution in [0.4, 0.5) is 0 Å². The lowest BCUT2D eigenvalue weighted by molar-refractivity contribution is -0.127. The van der Waals surface area contributed by atoms with Gasteiger partial charge in [-0.1, -0.05) is 5.16 Å². The molecular weight excluding hydrogens is 266 g/mol. The molecule has 0 unspecified atom stereocenters. The van der Waals surface area contributed by atoms with Crippen LogP contribution in [0.15, 0.2) is 27.3 Å². The Morgan fingerprint density at radius 3 is 3.00 bits per heavy atom. The minimum Gasteiger partial charge on any atom is -0.467 e. The van der Waals surface area contributed by atoms with Crippen molar-refractivity contribution >= 4 is 17.7 Å². The van der Waals surface area contributed by atoms with Gasteiger partial charge in [-0.3, -0.25) is 4.79 Å². The van der Waals surface area contributed by atoms with Gasteiger partial charge in [-0.05, 0) is 19.1 Å². The van der Waals surface area contributed by atoms with E-state index in [1.165, 1.54) is 11.8 Å². The Morgan fingerprint density at radius 1 is 1.53 bits per heavy atom. The van der Waals surface area contributed by atoms with Crippen molar-refractivity contribution in [1.82, 2.24) is 15.0 Å². The Hall–Kier alpha value is -1.76. The number of rotatable bonds is 6. The predicted octanol–water partition coefficient (Wildman–Crippen LogP) is 1.86. The fourth-order valence-electron chi connectivity index (χ4n) is 1.46. The number of aromatic nitrogens is 2. The van der Waals surface area contributed by atoms with Crippen molar-refractivity contribution in [3.8, 4) is 0 Å². The monoisotopic (exact) mass is 281 g/mol. The van der Waals surface area contributed by atoms with Gasteiger partial charge in [0.05, 0.1) is 24.3 Å².